The quantitative estimate of drug-likeness (QED) is 0.344. The summed E-state index contributed by atoms with van der Waals surface area (Å²) < 4.78 is 0. The Kier molecular flexibility index (Phi) is 9.17. The van der Waals surface area contributed by atoms with Gasteiger partial charge in [0.1, 0.15) is 0 Å². The lowest BCUT2D eigenvalue weighted by Crippen LogP contribution is -2.43. The van der Waals surface area contributed by atoms with Crippen molar-refractivity contribution in [3.8, 4) is 0 Å². The molecule has 3 rings (SSSR count). The monoisotopic (exact) mass is 485 g/mol. The van der Waals surface area contributed by atoms with Gasteiger partial charge in [-0.05, 0) is 43.4 Å². The number of nitrogens with one attached hydrogen (secondary N) is 3. The summed E-state index contributed by atoms with van der Waals surface area (Å²) in [5.74, 6) is 0.850. The largest absolute Gasteiger partial charge is 0.354 e. The minimum atomic E-state index is 0. The number of anilines is 1. The highest BCUT2D eigenvalue weighted by atomic mass is 127. The molecule has 150 valence electrons. The Morgan fingerprint density at radius 2 is 1.89 bits per heavy atom. The number of nitrogens with zero attached hydrogens (tertiary/aromatic N) is 2. The van der Waals surface area contributed by atoms with E-state index >= 15 is 0 Å². The molecule has 1 aliphatic carbocycles. The summed E-state index contributed by atoms with van der Waals surface area (Å²) in [6.45, 7) is 2.40. The van der Waals surface area contributed by atoms with Gasteiger partial charge in [0.2, 0.25) is 0 Å². The number of carbonyl (C=O) groups excluding carboxylic acids is 1. The normalized spacial score (nSPS) is 18.0. The average molecular weight is 485 g/mol. The van der Waals surface area contributed by atoms with Gasteiger partial charge in [-0.15, -0.1) is 24.0 Å². The zero-order valence-electron chi connectivity index (χ0n) is 16.2. The molecular weight excluding hydrogens is 453 g/mol. The molecule has 1 heterocycles. The standard InChI is InChI=1S/C20H31N5O.HI/c1-21-19(23-17-9-3-2-4-10-17)22-15-16-8-7-11-18(14-16)24-20(26)25-12-5-6-13-25;/h7-8,11,14,17H,2-6,9-10,12-13,15H2,1H3,(H,24,26)(H2,21,22,23);1H. The summed E-state index contributed by atoms with van der Waals surface area (Å²) >= 11 is 0. The number of hydrogen-bond donors (Lipinski definition) is 3. The lowest BCUT2D eigenvalue weighted by Gasteiger charge is -2.25. The second-order valence-corrected chi connectivity index (χ2v) is 7.23. The van der Waals surface area contributed by atoms with Crippen molar-refractivity contribution in [2.75, 3.05) is 25.5 Å². The van der Waals surface area contributed by atoms with Crippen LogP contribution < -0.4 is 16.0 Å². The third kappa shape index (κ3) is 6.86. The highest BCUT2D eigenvalue weighted by Gasteiger charge is 2.18. The summed E-state index contributed by atoms with van der Waals surface area (Å²) in [6.07, 6.45) is 8.59. The zero-order valence-corrected chi connectivity index (χ0v) is 18.5. The van der Waals surface area contributed by atoms with Crippen molar-refractivity contribution < 1.29 is 4.79 Å². The number of aliphatic imine (C=N–C) groups is 1. The molecule has 0 atom stereocenters. The molecule has 1 saturated heterocycles. The molecule has 1 aliphatic heterocycles. The van der Waals surface area contributed by atoms with Crippen molar-refractivity contribution in [2.45, 2.75) is 57.5 Å². The first kappa shape index (κ1) is 21.8. The first-order valence-corrected chi connectivity index (χ1v) is 9.86. The molecule has 1 saturated carbocycles. The van der Waals surface area contributed by atoms with Gasteiger partial charge in [-0.2, -0.15) is 0 Å². The first-order valence-electron chi connectivity index (χ1n) is 9.86. The minimum Gasteiger partial charge on any atom is -0.354 e. The predicted molar refractivity (Wildman–Crippen MR) is 122 cm³/mol. The van der Waals surface area contributed by atoms with Crippen molar-refractivity contribution in [1.29, 1.82) is 0 Å². The molecule has 2 amide bonds. The summed E-state index contributed by atoms with van der Waals surface area (Å²) in [4.78, 5) is 18.4. The number of rotatable bonds is 4. The first-order chi connectivity index (χ1) is 12.7. The van der Waals surface area contributed by atoms with Crippen LogP contribution in [0.4, 0.5) is 10.5 Å². The van der Waals surface area contributed by atoms with Crippen molar-refractivity contribution in [2.24, 2.45) is 4.99 Å². The number of carbonyl (C=O) groups is 1. The van der Waals surface area contributed by atoms with Crippen LogP contribution in [0.25, 0.3) is 0 Å². The number of halogens is 1. The van der Waals surface area contributed by atoms with Crippen LogP contribution in [-0.4, -0.2) is 43.1 Å². The molecule has 3 N–H and O–H groups in total. The summed E-state index contributed by atoms with van der Waals surface area (Å²) in [6, 6.07) is 8.53. The van der Waals surface area contributed by atoms with Gasteiger partial charge in [0, 0.05) is 38.4 Å². The van der Waals surface area contributed by atoms with E-state index in [-0.39, 0.29) is 30.0 Å². The Morgan fingerprint density at radius 3 is 2.59 bits per heavy atom. The van der Waals surface area contributed by atoms with Gasteiger partial charge in [0.05, 0.1) is 0 Å². The van der Waals surface area contributed by atoms with Gasteiger partial charge in [-0.1, -0.05) is 31.4 Å². The molecule has 1 aromatic rings. The van der Waals surface area contributed by atoms with E-state index in [1.807, 2.05) is 30.1 Å². The molecule has 2 fully saturated rings. The van der Waals surface area contributed by atoms with Crippen molar-refractivity contribution in [3.63, 3.8) is 0 Å². The van der Waals surface area contributed by atoms with E-state index in [4.69, 9.17) is 0 Å². The van der Waals surface area contributed by atoms with Crippen LogP contribution in [-0.2, 0) is 6.54 Å². The maximum absolute atomic E-state index is 12.2. The van der Waals surface area contributed by atoms with Crippen molar-refractivity contribution in [1.82, 2.24) is 15.5 Å². The van der Waals surface area contributed by atoms with Gasteiger partial charge in [0.15, 0.2) is 5.96 Å². The maximum atomic E-state index is 12.2. The molecule has 27 heavy (non-hydrogen) atoms. The van der Waals surface area contributed by atoms with Crippen LogP contribution in [0.2, 0.25) is 0 Å². The molecule has 2 aliphatic rings. The van der Waals surface area contributed by atoms with Gasteiger partial charge < -0.3 is 20.9 Å². The third-order valence-corrected chi connectivity index (χ3v) is 5.20. The number of benzene rings is 1. The fourth-order valence-electron chi connectivity index (χ4n) is 3.70. The highest BCUT2D eigenvalue weighted by molar-refractivity contribution is 14.0. The van der Waals surface area contributed by atoms with Crippen LogP contribution in [0.5, 0.6) is 0 Å². The fourth-order valence-corrected chi connectivity index (χ4v) is 3.70. The number of guanidine groups is 1. The van der Waals surface area contributed by atoms with E-state index in [0.717, 1.165) is 43.1 Å². The minimum absolute atomic E-state index is 0. The fraction of sp³-hybridized carbons (Fsp3) is 0.600. The average Bonchev–Trinajstić information content (AvgIpc) is 3.21. The summed E-state index contributed by atoms with van der Waals surface area (Å²) in [7, 11) is 1.81. The lowest BCUT2D eigenvalue weighted by atomic mass is 9.96. The van der Waals surface area contributed by atoms with E-state index in [1.54, 1.807) is 0 Å². The Hall–Kier alpha value is -1.51. The zero-order chi connectivity index (χ0) is 18.2. The van der Waals surface area contributed by atoms with Gasteiger partial charge in [-0.25, -0.2) is 4.79 Å². The van der Waals surface area contributed by atoms with E-state index in [0.29, 0.717) is 12.6 Å². The maximum Gasteiger partial charge on any atom is 0.321 e. The molecule has 1 aromatic carbocycles. The molecular formula is C20H32IN5O. The van der Waals surface area contributed by atoms with E-state index in [2.05, 4.69) is 27.0 Å². The van der Waals surface area contributed by atoms with Crippen LogP contribution in [0.1, 0.15) is 50.5 Å². The second kappa shape index (κ2) is 11.4. The molecule has 6 nitrogen and oxygen atoms in total. The van der Waals surface area contributed by atoms with Gasteiger partial charge >= 0.3 is 6.03 Å². The highest BCUT2D eigenvalue weighted by Crippen LogP contribution is 2.17. The molecule has 0 radical (unpaired) electrons. The molecule has 0 spiro atoms. The number of hydrogen-bond acceptors (Lipinski definition) is 2. The predicted octanol–water partition coefficient (Wildman–Crippen LogP) is 3.93. The van der Waals surface area contributed by atoms with E-state index in [1.165, 1.54) is 32.1 Å². The number of urea groups is 1. The van der Waals surface area contributed by atoms with Crippen LogP contribution in [0.15, 0.2) is 29.3 Å². The Bertz CT molecular complexity index is 625. The molecule has 0 bridgehead atoms. The smallest absolute Gasteiger partial charge is 0.321 e. The third-order valence-electron chi connectivity index (χ3n) is 5.20. The number of likely N-dealkylation sites (tertiary alicyclic amines) is 1. The lowest BCUT2D eigenvalue weighted by molar-refractivity contribution is 0.222. The SMILES string of the molecule is CN=C(NCc1cccc(NC(=O)N2CCCC2)c1)NC1CCCCC1.I. The van der Waals surface area contributed by atoms with Crippen LogP contribution in [0.3, 0.4) is 0 Å². The summed E-state index contributed by atoms with van der Waals surface area (Å²) in [5, 5.41) is 9.91. The van der Waals surface area contributed by atoms with Crippen LogP contribution >= 0.6 is 24.0 Å². The topological polar surface area (TPSA) is 68.8 Å². The number of amides is 2. The molecule has 0 aromatic heterocycles. The van der Waals surface area contributed by atoms with Crippen LogP contribution in [0, 0.1) is 0 Å². The van der Waals surface area contributed by atoms with Gasteiger partial charge in [-0.3, -0.25) is 4.99 Å². The Morgan fingerprint density at radius 1 is 1.15 bits per heavy atom. The van der Waals surface area contributed by atoms with Crippen molar-refractivity contribution >= 4 is 41.7 Å². The molecule has 0 unspecified atom stereocenters. The molecule has 7 heteroatoms. The summed E-state index contributed by atoms with van der Waals surface area (Å²) in [5.41, 5.74) is 1.97. The van der Waals surface area contributed by atoms with E-state index in [9.17, 15) is 4.79 Å². The van der Waals surface area contributed by atoms with Gasteiger partial charge in [0.25, 0.3) is 0 Å². The Labute approximate surface area is 179 Å². The Balaban J connectivity index is 0.00000261. The van der Waals surface area contributed by atoms with Crippen molar-refractivity contribution in [3.05, 3.63) is 29.8 Å². The second-order valence-electron chi connectivity index (χ2n) is 7.23. The van der Waals surface area contributed by atoms with E-state index < -0.39 is 0 Å².